The van der Waals surface area contributed by atoms with Crippen molar-refractivity contribution in [3.05, 3.63) is 66.0 Å². The lowest BCUT2D eigenvalue weighted by atomic mass is 10.0. The van der Waals surface area contributed by atoms with Crippen LogP contribution in [-0.4, -0.2) is 15.8 Å². The van der Waals surface area contributed by atoms with Gasteiger partial charge in [-0.2, -0.15) is 4.98 Å². The number of hydrogen-bond donors (Lipinski definition) is 2. The number of hydrogen-bond acceptors (Lipinski definition) is 6. The maximum absolute atomic E-state index is 11.5. The van der Waals surface area contributed by atoms with Crippen LogP contribution >= 0.6 is 0 Å². The molecule has 138 valence electrons. The lowest BCUT2D eigenvalue weighted by molar-refractivity contribution is 0.101. The van der Waals surface area contributed by atoms with Gasteiger partial charge in [0.2, 0.25) is 5.88 Å². The molecule has 0 aliphatic heterocycles. The summed E-state index contributed by atoms with van der Waals surface area (Å²) >= 11 is 0. The van der Waals surface area contributed by atoms with Crippen LogP contribution in [0, 0.1) is 0 Å². The third kappa shape index (κ3) is 4.41. The predicted octanol–water partition coefficient (Wildman–Crippen LogP) is 4.92. The Bertz CT molecular complexity index is 953. The Hall–Kier alpha value is -3.41. The molecule has 0 atom stereocenters. The first-order valence-corrected chi connectivity index (χ1v) is 8.70. The quantitative estimate of drug-likeness (QED) is 0.605. The molecule has 0 bridgehead atoms. The van der Waals surface area contributed by atoms with Crippen molar-refractivity contribution < 1.29 is 9.53 Å². The van der Waals surface area contributed by atoms with E-state index in [1.165, 1.54) is 18.8 Å². The second-order valence-corrected chi connectivity index (χ2v) is 6.53. The van der Waals surface area contributed by atoms with E-state index < -0.39 is 0 Å². The summed E-state index contributed by atoms with van der Waals surface area (Å²) in [5, 5.41) is 3.11. The molecule has 0 spiro atoms. The second kappa shape index (κ2) is 7.86. The molecule has 0 aliphatic rings. The van der Waals surface area contributed by atoms with Gasteiger partial charge >= 0.3 is 0 Å². The van der Waals surface area contributed by atoms with Gasteiger partial charge in [0.25, 0.3) is 0 Å². The number of ketones is 1. The third-order valence-electron chi connectivity index (χ3n) is 4.14. The first kappa shape index (κ1) is 18.4. The number of Topliss-reactive ketones (excluding diaryl/α,β-unsaturated/α-hetero) is 1. The highest BCUT2D eigenvalue weighted by atomic mass is 16.5. The molecule has 1 heterocycles. The monoisotopic (exact) mass is 362 g/mol. The standard InChI is InChI=1S/C21H22N4O2/c1-13(2)15-7-9-18(10-8-15)27-21-19(22)20(23-12-24-21)25-17-6-4-5-16(11-17)14(3)26/h4-13H,22H2,1-3H3,(H,23,24,25). The molecule has 0 aliphatic carbocycles. The predicted molar refractivity (Wildman–Crippen MR) is 107 cm³/mol. The van der Waals surface area contributed by atoms with E-state index in [4.69, 9.17) is 10.5 Å². The molecule has 27 heavy (non-hydrogen) atoms. The fourth-order valence-electron chi connectivity index (χ4n) is 2.55. The molecule has 0 radical (unpaired) electrons. The van der Waals surface area contributed by atoms with Crippen LogP contribution < -0.4 is 15.8 Å². The molecule has 0 saturated heterocycles. The van der Waals surface area contributed by atoms with E-state index in [9.17, 15) is 4.79 Å². The van der Waals surface area contributed by atoms with Crippen LogP contribution in [0.1, 0.15) is 42.6 Å². The SMILES string of the molecule is CC(=O)c1cccc(Nc2ncnc(Oc3ccc(C(C)C)cc3)c2N)c1. The van der Waals surface area contributed by atoms with Crippen LogP contribution in [0.3, 0.4) is 0 Å². The van der Waals surface area contributed by atoms with E-state index in [0.29, 0.717) is 34.4 Å². The minimum Gasteiger partial charge on any atom is -0.437 e. The van der Waals surface area contributed by atoms with Crippen LogP contribution in [0.25, 0.3) is 0 Å². The Morgan fingerprint density at radius 1 is 1.11 bits per heavy atom. The van der Waals surface area contributed by atoms with E-state index in [0.717, 1.165) is 0 Å². The lowest BCUT2D eigenvalue weighted by Crippen LogP contribution is -2.03. The number of benzene rings is 2. The van der Waals surface area contributed by atoms with E-state index in [2.05, 4.69) is 29.1 Å². The maximum atomic E-state index is 11.5. The molecule has 1 aromatic heterocycles. The summed E-state index contributed by atoms with van der Waals surface area (Å²) in [4.78, 5) is 19.8. The number of nitrogens with one attached hydrogen (secondary N) is 1. The molecule has 6 heteroatoms. The van der Waals surface area contributed by atoms with Crippen LogP contribution in [0.2, 0.25) is 0 Å². The number of ether oxygens (including phenoxy) is 1. The van der Waals surface area contributed by atoms with E-state index >= 15 is 0 Å². The number of nitrogens with two attached hydrogens (primary N) is 1. The van der Waals surface area contributed by atoms with Crippen LogP contribution in [0.5, 0.6) is 11.6 Å². The minimum absolute atomic E-state index is 0.0109. The van der Waals surface area contributed by atoms with Gasteiger partial charge in [0.15, 0.2) is 11.6 Å². The van der Waals surface area contributed by atoms with Crippen molar-refractivity contribution in [1.29, 1.82) is 0 Å². The summed E-state index contributed by atoms with van der Waals surface area (Å²) in [7, 11) is 0. The highest BCUT2D eigenvalue weighted by molar-refractivity contribution is 5.95. The zero-order valence-corrected chi connectivity index (χ0v) is 15.6. The molecular weight excluding hydrogens is 340 g/mol. The van der Waals surface area contributed by atoms with Gasteiger partial charge in [-0.05, 0) is 42.7 Å². The first-order valence-electron chi connectivity index (χ1n) is 8.70. The average molecular weight is 362 g/mol. The Balaban J connectivity index is 1.81. The summed E-state index contributed by atoms with van der Waals surface area (Å²) < 4.78 is 5.81. The van der Waals surface area contributed by atoms with Gasteiger partial charge in [0.05, 0.1) is 0 Å². The Kier molecular flexibility index (Phi) is 5.35. The Morgan fingerprint density at radius 2 is 1.85 bits per heavy atom. The number of nitrogen functional groups attached to an aromatic ring is 1. The van der Waals surface area contributed by atoms with Crippen LogP contribution in [0.4, 0.5) is 17.2 Å². The van der Waals surface area contributed by atoms with Crippen molar-refractivity contribution in [3.63, 3.8) is 0 Å². The summed E-state index contributed by atoms with van der Waals surface area (Å²) in [6.07, 6.45) is 1.38. The number of anilines is 3. The van der Waals surface area contributed by atoms with Crippen LogP contribution in [0.15, 0.2) is 54.9 Å². The molecule has 3 rings (SSSR count). The zero-order chi connectivity index (χ0) is 19.4. The molecule has 3 aromatic rings. The number of nitrogens with zero attached hydrogens (tertiary/aromatic N) is 2. The second-order valence-electron chi connectivity index (χ2n) is 6.53. The van der Waals surface area contributed by atoms with Gasteiger partial charge in [-0.25, -0.2) is 4.98 Å². The Labute approximate surface area is 158 Å². The number of carbonyl (C=O) groups excluding carboxylic acids is 1. The highest BCUT2D eigenvalue weighted by Gasteiger charge is 2.11. The van der Waals surface area contributed by atoms with Crippen molar-refractivity contribution in [2.75, 3.05) is 11.1 Å². The largest absolute Gasteiger partial charge is 0.437 e. The molecular formula is C21H22N4O2. The first-order chi connectivity index (χ1) is 12.9. The summed E-state index contributed by atoms with van der Waals surface area (Å²) in [5.74, 6) is 1.77. The number of rotatable bonds is 6. The van der Waals surface area contributed by atoms with Gasteiger partial charge in [-0.15, -0.1) is 0 Å². The minimum atomic E-state index is -0.0109. The smallest absolute Gasteiger partial charge is 0.248 e. The topological polar surface area (TPSA) is 90.1 Å². The van der Waals surface area contributed by atoms with Crippen molar-refractivity contribution in [2.45, 2.75) is 26.7 Å². The van der Waals surface area contributed by atoms with E-state index in [1.807, 2.05) is 30.3 Å². The van der Waals surface area contributed by atoms with E-state index in [1.54, 1.807) is 18.2 Å². The average Bonchev–Trinajstić information content (AvgIpc) is 2.65. The zero-order valence-electron chi connectivity index (χ0n) is 15.6. The molecule has 0 saturated carbocycles. The molecule has 3 N–H and O–H groups in total. The van der Waals surface area contributed by atoms with Gasteiger partial charge in [0, 0.05) is 11.3 Å². The van der Waals surface area contributed by atoms with Gasteiger partial charge < -0.3 is 15.8 Å². The summed E-state index contributed by atoms with van der Waals surface area (Å²) in [6, 6.07) is 14.9. The van der Waals surface area contributed by atoms with E-state index in [-0.39, 0.29) is 11.7 Å². The van der Waals surface area contributed by atoms with Gasteiger partial charge in [0.1, 0.15) is 17.8 Å². The lowest BCUT2D eigenvalue weighted by Gasteiger charge is -2.13. The number of carbonyl (C=O) groups is 1. The molecule has 6 nitrogen and oxygen atoms in total. The molecule has 0 amide bonds. The fourth-order valence-corrected chi connectivity index (χ4v) is 2.55. The third-order valence-corrected chi connectivity index (χ3v) is 4.14. The highest BCUT2D eigenvalue weighted by Crippen LogP contribution is 2.31. The van der Waals surface area contributed by atoms with Gasteiger partial charge in [-0.3, -0.25) is 4.79 Å². The molecule has 2 aromatic carbocycles. The normalized spacial score (nSPS) is 10.7. The van der Waals surface area contributed by atoms with Crippen molar-refractivity contribution in [1.82, 2.24) is 9.97 Å². The van der Waals surface area contributed by atoms with Gasteiger partial charge in [-0.1, -0.05) is 38.1 Å². The van der Waals surface area contributed by atoms with Crippen molar-refractivity contribution in [3.8, 4) is 11.6 Å². The van der Waals surface area contributed by atoms with Crippen LogP contribution in [-0.2, 0) is 0 Å². The molecule has 0 unspecified atom stereocenters. The van der Waals surface area contributed by atoms with Crippen molar-refractivity contribution >= 4 is 23.0 Å². The molecule has 0 fully saturated rings. The van der Waals surface area contributed by atoms with Crippen molar-refractivity contribution in [2.24, 2.45) is 0 Å². The summed E-state index contributed by atoms with van der Waals surface area (Å²) in [5.41, 5.74) is 9.01. The maximum Gasteiger partial charge on any atom is 0.248 e. The summed E-state index contributed by atoms with van der Waals surface area (Å²) in [6.45, 7) is 5.79. The fraction of sp³-hybridized carbons (Fsp3) is 0.190. The Morgan fingerprint density at radius 3 is 2.52 bits per heavy atom. The number of aromatic nitrogens is 2.